The highest BCUT2D eigenvalue weighted by molar-refractivity contribution is 6.10. The number of rotatable bonds is 7. The topological polar surface area (TPSA) is 80.0 Å². The van der Waals surface area contributed by atoms with Crippen LogP contribution in [-0.4, -0.2) is 29.9 Å². The number of anilines is 1. The van der Waals surface area contributed by atoms with E-state index in [1.165, 1.54) is 17.2 Å². The van der Waals surface area contributed by atoms with E-state index in [9.17, 15) is 14.7 Å². The average molecular weight is 391 g/mol. The van der Waals surface area contributed by atoms with E-state index in [-0.39, 0.29) is 25.3 Å². The van der Waals surface area contributed by atoms with Crippen LogP contribution in [0.5, 0.6) is 5.75 Å². The van der Waals surface area contributed by atoms with Crippen molar-refractivity contribution in [1.82, 2.24) is 0 Å². The van der Waals surface area contributed by atoms with Gasteiger partial charge in [0, 0.05) is 5.56 Å². The summed E-state index contributed by atoms with van der Waals surface area (Å²) in [6, 6.07) is 17.7. The minimum absolute atomic E-state index is 0.116. The van der Waals surface area contributed by atoms with Crippen molar-refractivity contribution in [3.05, 3.63) is 83.8 Å². The van der Waals surface area contributed by atoms with Crippen LogP contribution in [0.15, 0.2) is 71.3 Å². The van der Waals surface area contributed by atoms with Crippen LogP contribution < -0.4 is 9.64 Å². The molecule has 0 aliphatic carbocycles. The number of fused-ring (bicyclic) bond motifs is 1. The summed E-state index contributed by atoms with van der Waals surface area (Å²) < 4.78 is 10.9. The molecule has 0 saturated heterocycles. The average Bonchev–Trinajstić information content (AvgIpc) is 3.33. The second-order valence-electron chi connectivity index (χ2n) is 7.03. The van der Waals surface area contributed by atoms with Crippen LogP contribution in [0.2, 0.25) is 0 Å². The quantitative estimate of drug-likeness (QED) is 0.624. The monoisotopic (exact) mass is 391 g/mol. The van der Waals surface area contributed by atoms with Crippen LogP contribution in [0, 0.1) is 6.92 Å². The van der Waals surface area contributed by atoms with E-state index >= 15 is 0 Å². The van der Waals surface area contributed by atoms with E-state index < -0.39 is 17.3 Å². The third kappa shape index (κ3) is 3.43. The van der Waals surface area contributed by atoms with Crippen molar-refractivity contribution in [2.45, 2.75) is 18.9 Å². The van der Waals surface area contributed by atoms with E-state index in [0.29, 0.717) is 11.3 Å². The molecule has 6 heteroatoms. The van der Waals surface area contributed by atoms with Gasteiger partial charge in [-0.25, -0.2) is 0 Å². The summed E-state index contributed by atoms with van der Waals surface area (Å²) in [7, 11) is 0. The number of ketones is 1. The maximum atomic E-state index is 13.1. The lowest BCUT2D eigenvalue weighted by molar-refractivity contribution is -0.136. The molecule has 1 aliphatic heterocycles. The SMILES string of the molecule is Cc1ccccc1OCCN1C(=O)C(O)(CC(=O)c2ccco2)c2ccccc21. The Morgan fingerprint density at radius 3 is 2.62 bits per heavy atom. The van der Waals surface area contributed by atoms with Crippen molar-refractivity contribution in [1.29, 1.82) is 0 Å². The molecule has 3 aromatic rings. The zero-order valence-corrected chi connectivity index (χ0v) is 16.0. The van der Waals surface area contributed by atoms with Gasteiger partial charge in [0.2, 0.25) is 5.78 Å². The highest BCUT2D eigenvalue weighted by Gasteiger charge is 2.51. The van der Waals surface area contributed by atoms with Crippen molar-refractivity contribution >= 4 is 17.4 Å². The number of benzene rings is 2. The summed E-state index contributed by atoms with van der Waals surface area (Å²) in [5, 5.41) is 11.2. The van der Waals surface area contributed by atoms with Gasteiger partial charge in [-0.1, -0.05) is 36.4 Å². The highest BCUT2D eigenvalue weighted by Crippen LogP contribution is 2.42. The smallest absolute Gasteiger partial charge is 0.264 e. The first-order valence-corrected chi connectivity index (χ1v) is 9.40. The first-order chi connectivity index (χ1) is 14.0. The fourth-order valence-corrected chi connectivity index (χ4v) is 3.62. The molecule has 0 radical (unpaired) electrons. The van der Waals surface area contributed by atoms with E-state index in [0.717, 1.165) is 11.3 Å². The lowest BCUT2D eigenvalue weighted by Crippen LogP contribution is -2.43. The first kappa shape index (κ1) is 19.0. The second kappa shape index (κ2) is 7.56. The van der Waals surface area contributed by atoms with Gasteiger partial charge in [-0.05, 0) is 36.8 Å². The van der Waals surface area contributed by atoms with Gasteiger partial charge in [0.1, 0.15) is 12.4 Å². The van der Waals surface area contributed by atoms with Gasteiger partial charge in [0.05, 0.1) is 24.9 Å². The zero-order chi connectivity index (χ0) is 20.4. The van der Waals surface area contributed by atoms with Gasteiger partial charge < -0.3 is 19.2 Å². The molecule has 1 aliphatic rings. The molecule has 1 aromatic heterocycles. The molecule has 2 heterocycles. The predicted molar refractivity (Wildman–Crippen MR) is 107 cm³/mol. The van der Waals surface area contributed by atoms with Crippen LogP contribution in [0.4, 0.5) is 5.69 Å². The molecule has 148 valence electrons. The summed E-state index contributed by atoms with van der Waals surface area (Å²) in [6.45, 7) is 2.46. The second-order valence-corrected chi connectivity index (χ2v) is 7.03. The number of nitrogens with zero attached hydrogens (tertiary/aromatic N) is 1. The standard InChI is InChI=1S/C23H21NO5/c1-16-7-2-5-10-20(16)29-14-12-24-18-9-4-3-8-17(18)23(27,22(24)26)15-19(25)21-11-6-13-28-21/h2-11,13,27H,12,14-15H2,1H3. The summed E-state index contributed by atoms with van der Waals surface area (Å²) in [4.78, 5) is 27.1. The Kier molecular flexibility index (Phi) is 4.94. The number of aryl methyl sites for hydroxylation is 1. The number of aliphatic hydroxyl groups is 1. The number of hydrogen-bond acceptors (Lipinski definition) is 5. The van der Waals surface area contributed by atoms with E-state index in [1.54, 1.807) is 30.3 Å². The molecule has 4 rings (SSSR count). The van der Waals surface area contributed by atoms with Crippen LogP contribution in [0.3, 0.4) is 0 Å². The molecule has 29 heavy (non-hydrogen) atoms. The summed E-state index contributed by atoms with van der Waals surface area (Å²) >= 11 is 0. The summed E-state index contributed by atoms with van der Waals surface area (Å²) in [5.41, 5.74) is 0.0750. The van der Waals surface area contributed by atoms with Gasteiger partial charge in [-0.15, -0.1) is 0 Å². The van der Waals surface area contributed by atoms with Crippen molar-refractivity contribution in [3.8, 4) is 5.75 Å². The fourth-order valence-electron chi connectivity index (χ4n) is 3.62. The molecule has 0 spiro atoms. The normalized spacial score (nSPS) is 18.0. The van der Waals surface area contributed by atoms with E-state index in [1.807, 2.05) is 31.2 Å². The molecule has 6 nitrogen and oxygen atoms in total. The number of para-hydroxylation sites is 2. The lowest BCUT2D eigenvalue weighted by Gasteiger charge is -2.22. The molecular weight excluding hydrogens is 370 g/mol. The Labute approximate surface area is 168 Å². The fraction of sp³-hybridized carbons (Fsp3) is 0.217. The Morgan fingerprint density at radius 1 is 1.10 bits per heavy atom. The maximum Gasteiger partial charge on any atom is 0.264 e. The van der Waals surface area contributed by atoms with Crippen molar-refractivity contribution in [2.24, 2.45) is 0 Å². The Hall–Kier alpha value is -3.38. The number of furan rings is 1. The van der Waals surface area contributed by atoms with Crippen molar-refractivity contribution < 1.29 is 23.8 Å². The molecule has 1 atom stereocenters. The molecule has 0 saturated carbocycles. The number of ether oxygens (including phenoxy) is 1. The van der Waals surface area contributed by atoms with Gasteiger partial charge >= 0.3 is 0 Å². The largest absolute Gasteiger partial charge is 0.491 e. The van der Waals surface area contributed by atoms with Crippen LogP contribution in [0.1, 0.15) is 28.1 Å². The Bertz CT molecular complexity index is 1040. The number of amides is 1. The molecular formula is C23H21NO5. The molecule has 1 unspecified atom stereocenters. The van der Waals surface area contributed by atoms with E-state index in [2.05, 4.69) is 0 Å². The van der Waals surface area contributed by atoms with Gasteiger partial charge in [-0.2, -0.15) is 0 Å². The lowest BCUT2D eigenvalue weighted by atomic mass is 9.89. The molecule has 0 fully saturated rings. The number of carbonyl (C=O) groups excluding carboxylic acids is 2. The minimum Gasteiger partial charge on any atom is -0.491 e. The van der Waals surface area contributed by atoms with Crippen LogP contribution >= 0.6 is 0 Å². The zero-order valence-electron chi connectivity index (χ0n) is 16.0. The minimum atomic E-state index is -1.93. The predicted octanol–water partition coefficient (Wildman–Crippen LogP) is 3.47. The number of carbonyl (C=O) groups is 2. The number of Topliss-reactive ketones (excluding diaryl/α,β-unsaturated/α-hetero) is 1. The summed E-state index contributed by atoms with van der Waals surface area (Å²) in [6.07, 6.45) is 1.00. The van der Waals surface area contributed by atoms with Crippen molar-refractivity contribution in [2.75, 3.05) is 18.1 Å². The molecule has 1 amide bonds. The third-order valence-electron chi connectivity index (χ3n) is 5.12. The first-order valence-electron chi connectivity index (χ1n) is 9.40. The van der Waals surface area contributed by atoms with E-state index in [4.69, 9.17) is 9.15 Å². The Balaban J connectivity index is 1.54. The maximum absolute atomic E-state index is 13.1. The van der Waals surface area contributed by atoms with Crippen molar-refractivity contribution in [3.63, 3.8) is 0 Å². The molecule has 2 aromatic carbocycles. The third-order valence-corrected chi connectivity index (χ3v) is 5.12. The van der Waals surface area contributed by atoms with Gasteiger partial charge in [-0.3, -0.25) is 9.59 Å². The number of hydrogen-bond donors (Lipinski definition) is 1. The van der Waals surface area contributed by atoms with Crippen LogP contribution in [0.25, 0.3) is 0 Å². The Morgan fingerprint density at radius 2 is 1.86 bits per heavy atom. The van der Waals surface area contributed by atoms with Crippen LogP contribution in [-0.2, 0) is 10.4 Å². The summed E-state index contributed by atoms with van der Waals surface area (Å²) in [5.74, 6) is -0.105. The van der Waals surface area contributed by atoms with Gasteiger partial charge in [0.15, 0.2) is 11.4 Å². The molecule has 1 N–H and O–H groups in total. The highest BCUT2D eigenvalue weighted by atomic mass is 16.5. The van der Waals surface area contributed by atoms with Gasteiger partial charge in [0.25, 0.3) is 5.91 Å². The molecule has 0 bridgehead atoms.